The Kier molecular flexibility index (Phi) is 9.39. The van der Waals surface area contributed by atoms with E-state index in [9.17, 15) is 9.59 Å². The van der Waals surface area contributed by atoms with Gasteiger partial charge in [-0.2, -0.15) is 0 Å². The Hall–Kier alpha value is -2.04. The number of hydrogen-bond acceptors (Lipinski definition) is 2. The van der Waals surface area contributed by atoms with Gasteiger partial charge in [0.2, 0.25) is 11.8 Å². The largest absolute Gasteiger partial charge is 0.354 e. The van der Waals surface area contributed by atoms with Gasteiger partial charge in [0.1, 0.15) is 6.04 Å². The van der Waals surface area contributed by atoms with E-state index in [1.807, 2.05) is 58.9 Å². The first-order valence-electron chi connectivity index (χ1n) is 10.7. The highest BCUT2D eigenvalue weighted by Gasteiger charge is 2.29. The second kappa shape index (κ2) is 11.5. The fraction of sp³-hybridized carbons (Fsp3) is 0.440. The van der Waals surface area contributed by atoms with Crippen molar-refractivity contribution in [3.05, 3.63) is 68.7 Å². The van der Waals surface area contributed by atoms with Gasteiger partial charge in [-0.3, -0.25) is 9.59 Å². The van der Waals surface area contributed by atoms with Gasteiger partial charge in [0, 0.05) is 13.1 Å². The number of benzene rings is 2. The van der Waals surface area contributed by atoms with Crippen molar-refractivity contribution >= 4 is 35.0 Å². The van der Waals surface area contributed by atoms with Crippen LogP contribution in [0, 0.1) is 19.8 Å². The lowest BCUT2D eigenvalue weighted by atomic mass is 10.0. The molecule has 0 heterocycles. The number of hydrogen-bond donors (Lipinski definition) is 1. The van der Waals surface area contributed by atoms with Crippen LogP contribution in [-0.4, -0.2) is 29.3 Å². The summed E-state index contributed by atoms with van der Waals surface area (Å²) in [4.78, 5) is 28.1. The van der Waals surface area contributed by atoms with Crippen LogP contribution in [0.2, 0.25) is 10.0 Å². The minimum absolute atomic E-state index is 0.0914. The molecule has 31 heavy (non-hydrogen) atoms. The lowest BCUT2D eigenvalue weighted by molar-refractivity contribution is -0.141. The van der Waals surface area contributed by atoms with Gasteiger partial charge in [-0.25, -0.2) is 0 Å². The van der Waals surface area contributed by atoms with Gasteiger partial charge in [0.25, 0.3) is 0 Å². The molecular weight excluding hydrogens is 431 g/mol. The van der Waals surface area contributed by atoms with Crippen LogP contribution in [0.1, 0.15) is 49.4 Å². The summed E-state index contributed by atoms with van der Waals surface area (Å²) in [6.45, 7) is 10.9. The Morgan fingerprint density at radius 3 is 2.35 bits per heavy atom. The zero-order valence-electron chi connectivity index (χ0n) is 19.0. The molecule has 0 saturated heterocycles. The summed E-state index contributed by atoms with van der Waals surface area (Å²) in [7, 11) is 0. The first-order valence-corrected chi connectivity index (χ1v) is 11.4. The Morgan fingerprint density at radius 1 is 1.03 bits per heavy atom. The van der Waals surface area contributed by atoms with Gasteiger partial charge >= 0.3 is 0 Å². The quantitative estimate of drug-likeness (QED) is 0.516. The van der Waals surface area contributed by atoms with Crippen LogP contribution in [0.3, 0.4) is 0 Å². The van der Waals surface area contributed by atoms with Crippen LogP contribution in [0.25, 0.3) is 0 Å². The molecule has 0 fully saturated rings. The van der Waals surface area contributed by atoms with Gasteiger partial charge in [-0.15, -0.1) is 0 Å². The Labute approximate surface area is 195 Å². The highest BCUT2D eigenvalue weighted by Crippen LogP contribution is 2.24. The van der Waals surface area contributed by atoms with Gasteiger partial charge in [-0.05, 0) is 55.0 Å². The van der Waals surface area contributed by atoms with Crippen LogP contribution in [0.15, 0.2) is 36.4 Å². The van der Waals surface area contributed by atoms with Crippen molar-refractivity contribution in [2.75, 3.05) is 6.54 Å². The minimum atomic E-state index is -0.564. The number of carbonyl (C=O) groups is 2. The number of aryl methyl sites for hydroxylation is 2. The van der Waals surface area contributed by atoms with Crippen LogP contribution in [0.4, 0.5) is 0 Å². The van der Waals surface area contributed by atoms with Gasteiger partial charge in [-0.1, -0.05) is 73.8 Å². The number of carbonyl (C=O) groups excluding carboxylic acids is 2. The molecule has 0 aliphatic rings. The van der Waals surface area contributed by atoms with Crippen LogP contribution >= 0.6 is 23.2 Å². The normalized spacial score (nSPS) is 12.0. The van der Waals surface area contributed by atoms with E-state index in [1.165, 1.54) is 0 Å². The maximum atomic E-state index is 13.5. The van der Waals surface area contributed by atoms with Gasteiger partial charge < -0.3 is 10.2 Å². The molecular formula is C25H32Cl2N2O2. The van der Waals surface area contributed by atoms with Gasteiger partial charge in [0.15, 0.2) is 0 Å². The molecule has 2 aromatic carbocycles. The van der Waals surface area contributed by atoms with E-state index in [4.69, 9.17) is 23.2 Å². The van der Waals surface area contributed by atoms with E-state index in [0.29, 0.717) is 28.9 Å². The predicted octanol–water partition coefficient (Wildman–Crippen LogP) is 5.73. The van der Waals surface area contributed by atoms with E-state index in [-0.39, 0.29) is 24.8 Å². The lowest BCUT2D eigenvalue weighted by Gasteiger charge is -2.31. The fourth-order valence-corrected chi connectivity index (χ4v) is 3.75. The molecule has 2 amide bonds. The molecule has 0 radical (unpaired) electrons. The molecule has 0 saturated carbocycles. The first kappa shape index (κ1) is 25.2. The molecule has 1 N–H and O–H groups in total. The molecule has 2 aromatic rings. The average molecular weight is 463 g/mol. The second-order valence-corrected chi connectivity index (χ2v) is 9.25. The number of nitrogens with zero attached hydrogens (tertiary/aromatic N) is 1. The van der Waals surface area contributed by atoms with Gasteiger partial charge in [0.05, 0.1) is 16.5 Å². The number of halogens is 2. The van der Waals surface area contributed by atoms with Crippen molar-refractivity contribution in [2.24, 2.45) is 5.92 Å². The van der Waals surface area contributed by atoms with Crippen molar-refractivity contribution < 1.29 is 9.59 Å². The molecule has 6 heteroatoms. The van der Waals surface area contributed by atoms with E-state index >= 15 is 0 Å². The first-order chi connectivity index (χ1) is 14.6. The maximum Gasteiger partial charge on any atom is 0.242 e. The second-order valence-electron chi connectivity index (χ2n) is 8.44. The summed E-state index contributed by atoms with van der Waals surface area (Å²) in [5, 5.41) is 3.87. The van der Waals surface area contributed by atoms with Crippen LogP contribution in [-0.2, 0) is 22.6 Å². The van der Waals surface area contributed by atoms with E-state index < -0.39 is 6.04 Å². The molecule has 1 atom stereocenters. The molecule has 0 spiro atoms. The minimum Gasteiger partial charge on any atom is -0.354 e. The van der Waals surface area contributed by atoms with Crippen LogP contribution in [0.5, 0.6) is 0 Å². The number of nitrogens with one attached hydrogen (secondary N) is 1. The van der Waals surface area contributed by atoms with Crippen LogP contribution < -0.4 is 5.32 Å². The molecule has 0 aliphatic carbocycles. The maximum absolute atomic E-state index is 13.5. The summed E-state index contributed by atoms with van der Waals surface area (Å²) < 4.78 is 0. The topological polar surface area (TPSA) is 49.4 Å². The molecule has 1 unspecified atom stereocenters. The summed E-state index contributed by atoms with van der Waals surface area (Å²) >= 11 is 12.2. The highest BCUT2D eigenvalue weighted by molar-refractivity contribution is 6.42. The van der Waals surface area contributed by atoms with E-state index in [2.05, 4.69) is 5.32 Å². The van der Waals surface area contributed by atoms with E-state index in [0.717, 1.165) is 22.3 Å². The number of rotatable bonds is 9. The lowest BCUT2D eigenvalue weighted by Crippen LogP contribution is -2.50. The molecule has 0 aliphatic heterocycles. The summed E-state index contributed by atoms with van der Waals surface area (Å²) in [6.07, 6.45) is 0.757. The van der Waals surface area contributed by atoms with E-state index in [1.54, 1.807) is 17.0 Å². The van der Waals surface area contributed by atoms with Crippen molar-refractivity contribution in [1.82, 2.24) is 10.2 Å². The third-order valence-electron chi connectivity index (χ3n) is 5.25. The molecule has 2 rings (SSSR count). The van der Waals surface area contributed by atoms with Crippen molar-refractivity contribution in [3.63, 3.8) is 0 Å². The van der Waals surface area contributed by atoms with Crippen molar-refractivity contribution in [2.45, 2.75) is 60.0 Å². The summed E-state index contributed by atoms with van der Waals surface area (Å²) in [5.41, 5.74) is 3.97. The van der Waals surface area contributed by atoms with Crippen molar-refractivity contribution in [1.29, 1.82) is 0 Å². The number of amides is 2. The Morgan fingerprint density at radius 2 is 1.74 bits per heavy atom. The molecule has 0 bridgehead atoms. The third-order valence-corrected chi connectivity index (χ3v) is 5.99. The monoisotopic (exact) mass is 462 g/mol. The average Bonchev–Trinajstić information content (AvgIpc) is 2.71. The standard InChI is InChI=1S/C25H32Cl2N2O2/c1-6-23(25(31)28-14-16(2)3)29(15-19-9-10-21(26)22(27)12-19)24(30)13-20-11-17(4)7-8-18(20)5/h7-12,16,23H,6,13-15H2,1-5H3,(H,28,31). The Bertz CT molecular complexity index is 928. The summed E-state index contributed by atoms with van der Waals surface area (Å²) in [6, 6.07) is 10.8. The predicted molar refractivity (Wildman–Crippen MR) is 129 cm³/mol. The fourth-order valence-electron chi connectivity index (χ4n) is 3.43. The Balaban J connectivity index is 2.34. The molecule has 0 aromatic heterocycles. The zero-order chi connectivity index (χ0) is 23.1. The zero-order valence-corrected chi connectivity index (χ0v) is 20.5. The SMILES string of the molecule is CCC(C(=O)NCC(C)C)N(Cc1ccc(Cl)c(Cl)c1)C(=O)Cc1cc(C)ccc1C. The third kappa shape index (κ3) is 7.26. The smallest absolute Gasteiger partial charge is 0.242 e. The van der Waals surface area contributed by atoms with Crippen molar-refractivity contribution in [3.8, 4) is 0 Å². The summed E-state index contributed by atoms with van der Waals surface area (Å²) in [5.74, 6) is 0.104. The highest BCUT2D eigenvalue weighted by atomic mass is 35.5. The molecule has 4 nitrogen and oxygen atoms in total. The molecule has 168 valence electrons.